The smallest absolute Gasteiger partial charge is 0.163 e. The third-order valence-electron chi connectivity index (χ3n) is 3.18. The highest BCUT2D eigenvalue weighted by Gasteiger charge is 2.13. The van der Waals surface area contributed by atoms with Gasteiger partial charge < -0.3 is 0 Å². The lowest BCUT2D eigenvalue weighted by atomic mass is 10.1. The van der Waals surface area contributed by atoms with E-state index in [2.05, 4.69) is 74.7 Å². The standard InChI is InChI=1S/C17H23N3/c1-10(2)15-18-16(11(3)4)20-17(19-15)14-8-12(5)7-13(6)9-14/h7-11H,1-6H3. The number of nitrogens with zero attached hydrogens (tertiary/aromatic N) is 3. The normalized spacial score (nSPS) is 11.4. The first kappa shape index (κ1) is 14.6. The van der Waals surface area contributed by atoms with Crippen molar-refractivity contribution >= 4 is 0 Å². The summed E-state index contributed by atoms with van der Waals surface area (Å²) < 4.78 is 0. The molecule has 1 aromatic carbocycles. The quantitative estimate of drug-likeness (QED) is 0.828. The maximum absolute atomic E-state index is 4.65. The first-order chi connectivity index (χ1) is 9.36. The van der Waals surface area contributed by atoms with E-state index in [-0.39, 0.29) is 0 Å². The number of aryl methyl sites for hydroxylation is 2. The lowest BCUT2D eigenvalue weighted by Gasteiger charge is -2.12. The Labute approximate surface area is 121 Å². The fourth-order valence-electron chi connectivity index (χ4n) is 2.16. The SMILES string of the molecule is Cc1cc(C)cc(-c2nc(C(C)C)nc(C(C)C)n2)c1. The highest BCUT2D eigenvalue weighted by atomic mass is 15.0. The Balaban J connectivity index is 2.60. The molecule has 0 saturated carbocycles. The molecule has 0 aliphatic rings. The van der Waals surface area contributed by atoms with Gasteiger partial charge in [-0.3, -0.25) is 0 Å². The van der Waals surface area contributed by atoms with Gasteiger partial charge in [-0.15, -0.1) is 0 Å². The summed E-state index contributed by atoms with van der Waals surface area (Å²) in [5.41, 5.74) is 3.55. The van der Waals surface area contributed by atoms with Crippen LogP contribution in [0.5, 0.6) is 0 Å². The minimum absolute atomic E-state index is 0.306. The van der Waals surface area contributed by atoms with Crippen molar-refractivity contribution < 1.29 is 0 Å². The van der Waals surface area contributed by atoms with Gasteiger partial charge in [0.25, 0.3) is 0 Å². The second-order valence-electron chi connectivity index (χ2n) is 6.06. The molecule has 0 unspecified atom stereocenters. The molecule has 0 spiro atoms. The molecule has 20 heavy (non-hydrogen) atoms. The first-order valence-electron chi connectivity index (χ1n) is 7.21. The third kappa shape index (κ3) is 3.21. The molecule has 2 rings (SSSR count). The topological polar surface area (TPSA) is 38.7 Å². The highest BCUT2D eigenvalue weighted by Crippen LogP contribution is 2.22. The van der Waals surface area contributed by atoms with Crippen LogP contribution in [0.15, 0.2) is 18.2 Å². The fourth-order valence-corrected chi connectivity index (χ4v) is 2.16. The second kappa shape index (κ2) is 5.70. The van der Waals surface area contributed by atoms with Crippen LogP contribution in [0.3, 0.4) is 0 Å². The van der Waals surface area contributed by atoms with Crippen molar-refractivity contribution in [3.05, 3.63) is 41.0 Å². The van der Waals surface area contributed by atoms with Crippen LogP contribution < -0.4 is 0 Å². The lowest BCUT2D eigenvalue weighted by Crippen LogP contribution is -2.08. The molecule has 1 aromatic heterocycles. The Bertz CT molecular complexity index is 569. The molecule has 0 fully saturated rings. The number of hydrogen-bond acceptors (Lipinski definition) is 3. The van der Waals surface area contributed by atoms with Gasteiger partial charge in [-0.1, -0.05) is 44.9 Å². The zero-order valence-electron chi connectivity index (χ0n) is 13.2. The Hall–Kier alpha value is -1.77. The van der Waals surface area contributed by atoms with E-state index >= 15 is 0 Å². The summed E-state index contributed by atoms with van der Waals surface area (Å²) in [5, 5.41) is 0. The Morgan fingerprint density at radius 3 is 1.55 bits per heavy atom. The average molecular weight is 269 g/mol. The van der Waals surface area contributed by atoms with Gasteiger partial charge in [-0.05, 0) is 26.0 Å². The van der Waals surface area contributed by atoms with Crippen LogP contribution in [0.2, 0.25) is 0 Å². The van der Waals surface area contributed by atoms with Crippen molar-refractivity contribution in [3.63, 3.8) is 0 Å². The summed E-state index contributed by atoms with van der Waals surface area (Å²) in [6, 6.07) is 6.44. The van der Waals surface area contributed by atoms with Crippen molar-refractivity contribution in [1.82, 2.24) is 15.0 Å². The third-order valence-corrected chi connectivity index (χ3v) is 3.18. The van der Waals surface area contributed by atoms with Gasteiger partial charge in [0, 0.05) is 17.4 Å². The number of aromatic nitrogens is 3. The minimum atomic E-state index is 0.306. The van der Waals surface area contributed by atoms with E-state index in [9.17, 15) is 0 Å². The van der Waals surface area contributed by atoms with Crippen LogP contribution in [0, 0.1) is 13.8 Å². The van der Waals surface area contributed by atoms with Crippen molar-refractivity contribution in [1.29, 1.82) is 0 Å². The Morgan fingerprint density at radius 2 is 1.15 bits per heavy atom. The molecule has 3 nitrogen and oxygen atoms in total. The molecule has 0 amide bonds. The average Bonchev–Trinajstić information content (AvgIpc) is 2.36. The number of rotatable bonds is 3. The van der Waals surface area contributed by atoms with Gasteiger partial charge in [0.1, 0.15) is 11.6 Å². The molecule has 1 heterocycles. The van der Waals surface area contributed by atoms with Crippen molar-refractivity contribution in [2.24, 2.45) is 0 Å². The summed E-state index contributed by atoms with van der Waals surface area (Å²) in [7, 11) is 0. The van der Waals surface area contributed by atoms with Gasteiger partial charge in [0.15, 0.2) is 5.82 Å². The van der Waals surface area contributed by atoms with Gasteiger partial charge in [0.05, 0.1) is 0 Å². The van der Waals surface area contributed by atoms with Crippen LogP contribution in [-0.4, -0.2) is 15.0 Å². The number of hydrogen-bond donors (Lipinski definition) is 0. The van der Waals surface area contributed by atoms with Gasteiger partial charge in [-0.2, -0.15) is 0 Å². The monoisotopic (exact) mass is 269 g/mol. The van der Waals surface area contributed by atoms with E-state index < -0.39 is 0 Å². The maximum atomic E-state index is 4.65. The van der Waals surface area contributed by atoms with Crippen LogP contribution in [0.4, 0.5) is 0 Å². The summed E-state index contributed by atoms with van der Waals surface area (Å²) in [6.45, 7) is 12.7. The van der Waals surface area contributed by atoms with Crippen molar-refractivity contribution in [2.75, 3.05) is 0 Å². The fraction of sp³-hybridized carbons (Fsp3) is 0.471. The second-order valence-corrected chi connectivity index (χ2v) is 6.06. The van der Waals surface area contributed by atoms with Crippen LogP contribution in [-0.2, 0) is 0 Å². The molecular weight excluding hydrogens is 246 g/mol. The molecule has 2 aromatic rings. The van der Waals surface area contributed by atoms with Gasteiger partial charge in [0.2, 0.25) is 0 Å². The molecule has 0 aliphatic carbocycles. The molecular formula is C17H23N3. The van der Waals surface area contributed by atoms with Crippen molar-refractivity contribution in [3.8, 4) is 11.4 Å². The largest absolute Gasteiger partial charge is 0.217 e. The van der Waals surface area contributed by atoms with E-state index in [1.165, 1.54) is 11.1 Å². The van der Waals surface area contributed by atoms with E-state index in [1.54, 1.807) is 0 Å². The molecule has 3 heteroatoms. The van der Waals surface area contributed by atoms with Gasteiger partial charge >= 0.3 is 0 Å². The first-order valence-corrected chi connectivity index (χ1v) is 7.21. The zero-order chi connectivity index (χ0) is 14.9. The van der Waals surface area contributed by atoms with Crippen LogP contribution in [0.1, 0.15) is 62.3 Å². The highest BCUT2D eigenvalue weighted by molar-refractivity contribution is 5.57. The Kier molecular flexibility index (Phi) is 4.17. The summed E-state index contributed by atoms with van der Waals surface area (Å²) in [4.78, 5) is 13.9. The predicted octanol–water partition coefficient (Wildman–Crippen LogP) is 4.40. The molecule has 0 radical (unpaired) electrons. The van der Waals surface area contributed by atoms with E-state index in [0.717, 1.165) is 23.0 Å². The van der Waals surface area contributed by atoms with Crippen molar-refractivity contribution in [2.45, 2.75) is 53.4 Å². The molecule has 0 atom stereocenters. The van der Waals surface area contributed by atoms with Gasteiger partial charge in [-0.25, -0.2) is 15.0 Å². The summed E-state index contributed by atoms with van der Waals surface area (Å²) in [5.74, 6) is 3.15. The van der Waals surface area contributed by atoms with Crippen LogP contribution in [0.25, 0.3) is 11.4 Å². The summed E-state index contributed by atoms with van der Waals surface area (Å²) >= 11 is 0. The molecule has 0 aliphatic heterocycles. The molecule has 0 saturated heterocycles. The summed E-state index contributed by atoms with van der Waals surface area (Å²) in [6.07, 6.45) is 0. The zero-order valence-corrected chi connectivity index (χ0v) is 13.2. The Morgan fingerprint density at radius 1 is 0.700 bits per heavy atom. The number of benzene rings is 1. The molecule has 106 valence electrons. The van der Waals surface area contributed by atoms with E-state index in [1.807, 2.05) is 0 Å². The molecule has 0 N–H and O–H groups in total. The van der Waals surface area contributed by atoms with Crippen LogP contribution >= 0.6 is 0 Å². The van der Waals surface area contributed by atoms with E-state index in [4.69, 9.17) is 0 Å². The maximum Gasteiger partial charge on any atom is 0.163 e. The van der Waals surface area contributed by atoms with E-state index in [0.29, 0.717) is 11.8 Å². The lowest BCUT2D eigenvalue weighted by molar-refractivity contribution is 0.697. The minimum Gasteiger partial charge on any atom is -0.217 e. The molecule has 0 bridgehead atoms. The predicted molar refractivity (Wildman–Crippen MR) is 82.9 cm³/mol.